The highest BCUT2D eigenvalue weighted by Crippen LogP contribution is 2.26. The molecule has 0 saturated heterocycles. The SMILES string of the molecule is CCOC(=O)CCCC/C=C(\c1ccc(OCc2cccc(C=O)c2)cc1)c1cccnc1. The molecule has 170 valence electrons. The minimum absolute atomic E-state index is 0.137. The van der Waals surface area contributed by atoms with Crippen LogP contribution in [0.1, 0.15) is 59.7 Å². The van der Waals surface area contributed by atoms with E-state index >= 15 is 0 Å². The van der Waals surface area contributed by atoms with Gasteiger partial charge in [-0.2, -0.15) is 0 Å². The topological polar surface area (TPSA) is 65.5 Å². The lowest BCUT2D eigenvalue weighted by Gasteiger charge is -2.11. The van der Waals surface area contributed by atoms with Crippen molar-refractivity contribution in [1.29, 1.82) is 0 Å². The molecule has 0 saturated carbocycles. The number of rotatable bonds is 12. The fraction of sp³-hybridized carbons (Fsp3) is 0.250. The molecule has 0 spiro atoms. The molecular formula is C28H29NO4. The predicted molar refractivity (Wildman–Crippen MR) is 129 cm³/mol. The van der Waals surface area contributed by atoms with Crippen LogP contribution in [0.3, 0.4) is 0 Å². The van der Waals surface area contributed by atoms with Crippen molar-refractivity contribution in [3.05, 3.63) is 101 Å². The van der Waals surface area contributed by atoms with E-state index in [0.29, 0.717) is 25.2 Å². The fourth-order valence-corrected chi connectivity index (χ4v) is 3.47. The predicted octanol–water partition coefficient (Wildman–Crippen LogP) is 6.03. The second kappa shape index (κ2) is 13.0. The monoisotopic (exact) mass is 443 g/mol. The number of nitrogens with zero attached hydrogens (tertiary/aromatic N) is 1. The first-order chi connectivity index (χ1) is 16.2. The molecule has 0 amide bonds. The number of aromatic nitrogens is 1. The number of allylic oxidation sites excluding steroid dienone is 1. The van der Waals surface area contributed by atoms with E-state index in [1.807, 2.05) is 67.7 Å². The molecule has 0 N–H and O–H groups in total. The molecule has 0 bridgehead atoms. The van der Waals surface area contributed by atoms with Crippen LogP contribution in [0.25, 0.3) is 5.57 Å². The summed E-state index contributed by atoms with van der Waals surface area (Å²) >= 11 is 0. The maximum absolute atomic E-state index is 11.5. The second-order valence-electron chi connectivity index (χ2n) is 7.59. The third-order valence-corrected chi connectivity index (χ3v) is 5.12. The Morgan fingerprint density at radius 1 is 1.00 bits per heavy atom. The van der Waals surface area contributed by atoms with Gasteiger partial charge < -0.3 is 9.47 Å². The standard InChI is InChI=1S/C28H29NO4/c1-2-32-28(31)12-5-3-4-11-27(25-10-7-17-29-19-25)24-13-15-26(16-14-24)33-21-23-9-6-8-22(18-23)20-30/h6-11,13-20H,2-5,12,21H2,1H3/b27-11+. The molecule has 5 nitrogen and oxygen atoms in total. The van der Waals surface area contributed by atoms with Crippen molar-refractivity contribution in [1.82, 2.24) is 4.98 Å². The Labute approximate surface area is 195 Å². The lowest BCUT2D eigenvalue weighted by molar-refractivity contribution is -0.143. The number of pyridine rings is 1. The fourth-order valence-electron chi connectivity index (χ4n) is 3.47. The molecule has 0 aliphatic carbocycles. The van der Waals surface area contributed by atoms with Crippen LogP contribution < -0.4 is 4.74 Å². The van der Waals surface area contributed by atoms with Crippen molar-refractivity contribution >= 4 is 17.8 Å². The van der Waals surface area contributed by atoms with E-state index in [4.69, 9.17) is 9.47 Å². The minimum atomic E-state index is -0.137. The molecule has 0 unspecified atom stereocenters. The van der Waals surface area contributed by atoms with Crippen LogP contribution in [-0.2, 0) is 16.1 Å². The molecule has 3 rings (SSSR count). The number of ether oxygens (including phenoxy) is 2. The smallest absolute Gasteiger partial charge is 0.305 e. The molecule has 5 heteroatoms. The van der Waals surface area contributed by atoms with Gasteiger partial charge in [-0.1, -0.05) is 42.5 Å². The van der Waals surface area contributed by atoms with E-state index in [2.05, 4.69) is 11.1 Å². The van der Waals surface area contributed by atoms with Crippen molar-refractivity contribution in [3.8, 4) is 5.75 Å². The van der Waals surface area contributed by atoms with Crippen LogP contribution in [-0.4, -0.2) is 23.8 Å². The third kappa shape index (κ3) is 7.72. The maximum Gasteiger partial charge on any atom is 0.305 e. The van der Waals surface area contributed by atoms with Gasteiger partial charge in [-0.3, -0.25) is 14.6 Å². The number of benzene rings is 2. The summed E-state index contributed by atoms with van der Waals surface area (Å²) in [5, 5.41) is 0. The number of unbranched alkanes of at least 4 members (excludes halogenated alkanes) is 2. The first kappa shape index (κ1) is 23.9. The summed E-state index contributed by atoms with van der Waals surface area (Å²) in [5.74, 6) is 0.623. The van der Waals surface area contributed by atoms with Crippen molar-refractivity contribution in [2.24, 2.45) is 0 Å². The Hall–Kier alpha value is -3.73. The molecule has 33 heavy (non-hydrogen) atoms. The number of hydrogen-bond donors (Lipinski definition) is 0. The van der Waals surface area contributed by atoms with Gasteiger partial charge in [0.15, 0.2) is 0 Å². The molecule has 1 heterocycles. The zero-order valence-electron chi connectivity index (χ0n) is 18.9. The highest BCUT2D eigenvalue weighted by molar-refractivity contribution is 5.79. The summed E-state index contributed by atoms with van der Waals surface area (Å²) in [4.78, 5) is 26.7. The van der Waals surface area contributed by atoms with Crippen LogP contribution in [0, 0.1) is 0 Å². The van der Waals surface area contributed by atoms with Gasteiger partial charge in [0.25, 0.3) is 0 Å². The van der Waals surface area contributed by atoms with Gasteiger partial charge in [-0.05, 0) is 67.2 Å². The molecule has 0 atom stereocenters. The van der Waals surface area contributed by atoms with Gasteiger partial charge in [0.2, 0.25) is 0 Å². The number of carbonyl (C=O) groups excluding carboxylic acids is 2. The summed E-state index contributed by atoms with van der Waals surface area (Å²) in [6.07, 6.45) is 9.66. The van der Waals surface area contributed by atoms with E-state index in [-0.39, 0.29) is 5.97 Å². The molecule has 0 fully saturated rings. The highest BCUT2D eigenvalue weighted by atomic mass is 16.5. The van der Waals surface area contributed by atoms with Crippen LogP contribution >= 0.6 is 0 Å². The summed E-state index contributed by atoms with van der Waals surface area (Å²) in [7, 11) is 0. The van der Waals surface area contributed by atoms with E-state index in [9.17, 15) is 9.59 Å². The van der Waals surface area contributed by atoms with Crippen LogP contribution in [0.4, 0.5) is 0 Å². The van der Waals surface area contributed by atoms with Gasteiger partial charge in [0.05, 0.1) is 6.61 Å². The highest BCUT2D eigenvalue weighted by Gasteiger charge is 2.07. The average molecular weight is 444 g/mol. The third-order valence-electron chi connectivity index (χ3n) is 5.12. The summed E-state index contributed by atoms with van der Waals surface area (Å²) in [5.41, 5.74) is 4.80. The molecule has 0 aliphatic heterocycles. The number of carbonyl (C=O) groups is 2. The lowest BCUT2D eigenvalue weighted by atomic mass is 9.97. The Morgan fingerprint density at radius 2 is 1.85 bits per heavy atom. The van der Waals surface area contributed by atoms with E-state index in [0.717, 1.165) is 53.6 Å². The van der Waals surface area contributed by atoms with Gasteiger partial charge in [0.1, 0.15) is 18.6 Å². The van der Waals surface area contributed by atoms with Crippen molar-refractivity contribution in [2.75, 3.05) is 6.61 Å². The maximum atomic E-state index is 11.5. The molecule has 2 aromatic carbocycles. The van der Waals surface area contributed by atoms with Crippen LogP contribution in [0.2, 0.25) is 0 Å². The zero-order valence-corrected chi connectivity index (χ0v) is 18.9. The van der Waals surface area contributed by atoms with Gasteiger partial charge in [-0.15, -0.1) is 0 Å². The summed E-state index contributed by atoms with van der Waals surface area (Å²) in [6.45, 7) is 2.64. The average Bonchev–Trinajstić information content (AvgIpc) is 2.86. The summed E-state index contributed by atoms with van der Waals surface area (Å²) in [6, 6.07) is 19.3. The van der Waals surface area contributed by atoms with Crippen LogP contribution in [0.5, 0.6) is 5.75 Å². The van der Waals surface area contributed by atoms with Crippen molar-refractivity contribution in [2.45, 2.75) is 39.2 Å². The summed E-state index contributed by atoms with van der Waals surface area (Å²) < 4.78 is 10.9. The molecule has 3 aromatic rings. The van der Waals surface area contributed by atoms with E-state index in [1.54, 1.807) is 12.3 Å². The molecule has 0 aliphatic rings. The van der Waals surface area contributed by atoms with Crippen molar-refractivity contribution < 1.29 is 19.1 Å². The second-order valence-corrected chi connectivity index (χ2v) is 7.59. The van der Waals surface area contributed by atoms with E-state index < -0.39 is 0 Å². The quantitative estimate of drug-likeness (QED) is 0.194. The van der Waals surface area contributed by atoms with E-state index in [1.165, 1.54) is 0 Å². The number of hydrogen-bond acceptors (Lipinski definition) is 5. The normalized spacial score (nSPS) is 11.1. The zero-order chi connectivity index (χ0) is 23.3. The Kier molecular flexibility index (Phi) is 9.40. The minimum Gasteiger partial charge on any atom is -0.489 e. The van der Waals surface area contributed by atoms with Crippen molar-refractivity contribution in [3.63, 3.8) is 0 Å². The Morgan fingerprint density at radius 3 is 2.58 bits per heavy atom. The van der Waals surface area contributed by atoms with Gasteiger partial charge in [-0.25, -0.2) is 0 Å². The first-order valence-electron chi connectivity index (χ1n) is 11.2. The molecule has 1 aromatic heterocycles. The van der Waals surface area contributed by atoms with Gasteiger partial charge >= 0.3 is 5.97 Å². The Balaban J connectivity index is 1.65. The largest absolute Gasteiger partial charge is 0.489 e. The molecular weight excluding hydrogens is 414 g/mol. The lowest BCUT2D eigenvalue weighted by Crippen LogP contribution is -2.02. The van der Waals surface area contributed by atoms with Gasteiger partial charge in [0, 0.05) is 29.9 Å². The first-order valence-corrected chi connectivity index (χ1v) is 11.2. The molecule has 0 radical (unpaired) electrons. The number of aldehydes is 1. The Bertz CT molecular complexity index is 1060. The van der Waals surface area contributed by atoms with Crippen LogP contribution in [0.15, 0.2) is 79.1 Å². The number of esters is 1.